The maximum absolute atomic E-state index is 2.48. The zero-order chi connectivity index (χ0) is 22.7. The minimum absolute atomic E-state index is 0.764. The molecule has 0 aromatic heterocycles. The predicted octanol–water partition coefficient (Wildman–Crippen LogP) is 10.9. The van der Waals surface area contributed by atoms with Crippen molar-refractivity contribution in [2.75, 3.05) is 0 Å². The van der Waals surface area contributed by atoms with E-state index >= 15 is 0 Å². The average Bonchev–Trinajstić information content (AvgIpc) is 2.83. The molecule has 0 radical (unpaired) electrons. The van der Waals surface area contributed by atoms with E-state index in [1.54, 1.807) is 0 Å². The lowest BCUT2D eigenvalue weighted by Crippen LogP contribution is -2.00. The lowest BCUT2D eigenvalue weighted by atomic mass is 9.89. The Morgan fingerprint density at radius 2 is 1.16 bits per heavy atom. The smallest absolute Gasteiger partial charge is 0.0187 e. The molecule has 180 valence electrons. The second-order valence-corrected chi connectivity index (χ2v) is 10.2. The molecule has 0 heterocycles. The Labute approximate surface area is 201 Å². The minimum atomic E-state index is 0.764. The molecular formula is C32H52. The van der Waals surface area contributed by atoms with E-state index in [4.69, 9.17) is 0 Å². The number of unbranched alkanes of at least 4 members (excludes halogenated alkanes) is 14. The largest absolute Gasteiger partial charge is 0.0805 e. The van der Waals surface area contributed by atoms with Crippen LogP contribution < -0.4 is 0 Å². The van der Waals surface area contributed by atoms with Crippen LogP contribution in [0.4, 0.5) is 0 Å². The Hall–Kier alpha value is -1.30. The van der Waals surface area contributed by atoms with E-state index in [1.165, 1.54) is 139 Å². The summed E-state index contributed by atoms with van der Waals surface area (Å²) in [7, 11) is 0. The number of aryl methyl sites for hydroxylation is 1. The van der Waals surface area contributed by atoms with Gasteiger partial charge >= 0.3 is 0 Å². The summed E-state index contributed by atoms with van der Waals surface area (Å²) in [5.74, 6) is 0.764. The summed E-state index contributed by atoms with van der Waals surface area (Å²) in [6.45, 7) is 4.59. The molecular weight excluding hydrogens is 384 g/mol. The Balaban J connectivity index is 1.56. The van der Waals surface area contributed by atoms with Crippen LogP contribution in [-0.4, -0.2) is 0 Å². The lowest BCUT2D eigenvalue weighted by Gasteiger charge is -2.16. The van der Waals surface area contributed by atoms with Gasteiger partial charge in [0.25, 0.3) is 0 Å². The molecule has 0 bridgehead atoms. The second kappa shape index (κ2) is 18.2. The van der Waals surface area contributed by atoms with Gasteiger partial charge in [-0.3, -0.25) is 0 Å². The van der Waals surface area contributed by atoms with E-state index in [-0.39, 0.29) is 0 Å². The molecule has 0 spiro atoms. The first-order chi connectivity index (χ1) is 15.8. The van der Waals surface area contributed by atoms with Crippen molar-refractivity contribution in [2.24, 2.45) is 5.92 Å². The van der Waals surface area contributed by atoms with E-state index in [0.717, 1.165) is 5.92 Å². The summed E-state index contributed by atoms with van der Waals surface area (Å²) in [5.41, 5.74) is 4.33. The van der Waals surface area contributed by atoms with Gasteiger partial charge in [0.2, 0.25) is 0 Å². The van der Waals surface area contributed by atoms with Crippen LogP contribution in [-0.2, 0) is 6.42 Å². The Morgan fingerprint density at radius 3 is 1.69 bits per heavy atom. The quantitative estimate of drug-likeness (QED) is 0.189. The topological polar surface area (TPSA) is 0 Å². The summed E-state index contributed by atoms with van der Waals surface area (Å²) >= 11 is 0. The molecule has 0 saturated heterocycles. The van der Waals surface area contributed by atoms with Gasteiger partial charge in [-0.2, -0.15) is 0 Å². The van der Waals surface area contributed by atoms with Crippen molar-refractivity contribution >= 4 is 5.57 Å². The van der Waals surface area contributed by atoms with Crippen LogP contribution in [0.1, 0.15) is 141 Å². The van der Waals surface area contributed by atoms with Crippen molar-refractivity contribution in [2.45, 2.75) is 136 Å². The molecule has 1 atom stereocenters. The van der Waals surface area contributed by atoms with Gasteiger partial charge in [0.15, 0.2) is 0 Å². The fourth-order valence-corrected chi connectivity index (χ4v) is 4.96. The van der Waals surface area contributed by atoms with Crippen molar-refractivity contribution in [3.63, 3.8) is 0 Å². The third-order valence-electron chi connectivity index (χ3n) is 7.22. The van der Waals surface area contributed by atoms with Crippen molar-refractivity contribution in [1.29, 1.82) is 0 Å². The van der Waals surface area contributed by atoms with Crippen molar-refractivity contribution in [1.82, 2.24) is 0 Å². The molecule has 1 aromatic carbocycles. The molecule has 0 amide bonds. The fourth-order valence-electron chi connectivity index (χ4n) is 4.96. The van der Waals surface area contributed by atoms with Crippen molar-refractivity contribution in [3.05, 3.63) is 53.6 Å². The maximum Gasteiger partial charge on any atom is -0.0187 e. The van der Waals surface area contributed by atoms with Crippen LogP contribution in [0.2, 0.25) is 0 Å². The van der Waals surface area contributed by atoms with Crippen LogP contribution in [0, 0.1) is 5.92 Å². The number of allylic oxidation sites excluding steroid dienone is 4. The molecule has 1 unspecified atom stereocenters. The minimum Gasteiger partial charge on any atom is -0.0805 e. The van der Waals surface area contributed by atoms with Gasteiger partial charge in [0.05, 0.1) is 0 Å². The van der Waals surface area contributed by atoms with Gasteiger partial charge in [-0.1, -0.05) is 153 Å². The Morgan fingerprint density at radius 1 is 0.625 bits per heavy atom. The molecule has 0 N–H and O–H groups in total. The van der Waals surface area contributed by atoms with Gasteiger partial charge in [-0.15, -0.1) is 0 Å². The van der Waals surface area contributed by atoms with E-state index in [9.17, 15) is 0 Å². The molecule has 2 rings (SSSR count). The number of hydrogen-bond donors (Lipinski definition) is 0. The van der Waals surface area contributed by atoms with E-state index in [1.807, 2.05) is 0 Å². The van der Waals surface area contributed by atoms with E-state index < -0.39 is 0 Å². The predicted molar refractivity (Wildman–Crippen MR) is 145 cm³/mol. The summed E-state index contributed by atoms with van der Waals surface area (Å²) in [6, 6.07) is 9.40. The zero-order valence-electron chi connectivity index (χ0n) is 21.6. The highest BCUT2D eigenvalue weighted by molar-refractivity contribution is 5.75. The van der Waals surface area contributed by atoms with Gasteiger partial charge in [0, 0.05) is 0 Å². The molecule has 1 aromatic rings. The van der Waals surface area contributed by atoms with Crippen LogP contribution in [0.3, 0.4) is 0 Å². The number of rotatable bonds is 19. The summed E-state index contributed by atoms with van der Waals surface area (Å²) in [4.78, 5) is 0. The SMILES string of the molecule is CCCCCCCCCCc1ccc(C2=CCC(CCCCCCCCCC)C=C2)cc1. The van der Waals surface area contributed by atoms with Gasteiger partial charge in [-0.05, 0) is 48.3 Å². The van der Waals surface area contributed by atoms with Crippen molar-refractivity contribution in [3.8, 4) is 0 Å². The standard InChI is InChI=1S/C32H52/c1-3-5-7-9-11-13-15-17-19-29-21-25-31(26-22-29)32-27-23-30(24-28-32)20-18-16-14-12-10-8-6-4-2/h21-23,25-28,30H,3-20,24H2,1-2H3. The molecule has 0 nitrogen and oxygen atoms in total. The van der Waals surface area contributed by atoms with E-state index in [0.29, 0.717) is 0 Å². The average molecular weight is 437 g/mol. The van der Waals surface area contributed by atoms with Crippen LogP contribution in [0.5, 0.6) is 0 Å². The second-order valence-electron chi connectivity index (χ2n) is 10.2. The highest BCUT2D eigenvalue weighted by atomic mass is 14.1. The number of benzene rings is 1. The molecule has 0 saturated carbocycles. The highest BCUT2D eigenvalue weighted by Gasteiger charge is 2.10. The summed E-state index contributed by atoms with van der Waals surface area (Å²) in [5, 5.41) is 0. The molecule has 0 heteroatoms. The first-order valence-electron chi connectivity index (χ1n) is 14.3. The molecule has 0 aliphatic heterocycles. The molecule has 1 aliphatic rings. The molecule has 1 aliphatic carbocycles. The van der Waals surface area contributed by atoms with Crippen LogP contribution >= 0.6 is 0 Å². The monoisotopic (exact) mass is 436 g/mol. The van der Waals surface area contributed by atoms with Gasteiger partial charge < -0.3 is 0 Å². The van der Waals surface area contributed by atoms with Gasteiger partial charge in [0.1, 0.15) is 0 Å². The lowest BCUT2D eigenvalue weighted by molar-refractivity contribution is 0.514. The highest BCUT2D eigenvalue weighted by Crippen LogP contribution is 2.28. The van der Waals surface area contributed by atoms with Crippen LogP contribution in [0.25, 0.3) is 5.57 Å². The molecule has 32 heavy (non-hydrogen) atoms. The third-order valence-corrected chi connectivity index (χ3v) is 7.22. The summed E-state index contributed by atoms with van der Waals surface area (Å²) < 4.78 is 0. The molecule has 0 fully saturated rings. The van der Waals surface area contributed by atoms with Crippen molar-refractivity contribution < 1.29 is 0 Å². The van der Waals surface area contributed by atoms with E-state index in [2.05, 4.69) is 56.3 Å². The normalized spacial score (nSPS) is 15.8. The third kappa shape index (κ3) is 12.1. The van der Waals surface area contributed by atoms with Crippen LogP contribution in [0.15, 0.2) is 42.5 Å². The Kier molecular flexibility index (Phi) is 15.3. The Bertz CT molecular complexity index is 618. The number of hydrogen-bond acceptors (Lipinski definition) is 0. The zero-order valence-corrected chi connectivity index (χ0v) is 21.6. The first-order valence-corrected chi connectivity index (χ1v) is 14.3. The summed E-state index contributed by atoms with van der Waals surface area (Å²) in [6.07, 6.45) is 33.7. The fraction of sp³-hybridized carbons (Fsp3) is 0.688. The van der Waals surface area contributed by atoms with Gasteiger partial charge in [-0.25, -0.2) is 0 Å². The maximum atomic E-state index is 2.48. The first kappa shape index (κ1) is 26.9.